The summed E-state index contributed by atoms with van der Waals surface area (Å²) in [4.78, 5) is 14.6. The molecule has 1 atom stereocenters. The molecule has 8 aromatic rings. The Bertz CT molecular complexity index is 2540. The summed E-state index contributed by atoms with van der Waals surface area (Å²) in [5.41, 5.74) is 12.9. The van der Waals surface area contributed by atoms with E-state index in [1.807, 2.05) is 66.9 Å². The van der Waals surface area contributed by atoms with Crippen LogP contribution in [0.5, 0.6) is 5.75 Å². The number of aromatic nitrogens is 3. The molecule has 1 unspecified atom stereocenters. The maximum absolute atomic E-state index is 14.0. The fourth-order valence-corrected chi connectivity index (χ4v) is 6.68. The number of hydrogen-bond acceptors (Lipinski definition) is 4. The van der Waals surface area contributed by atoms with Gasteiger partial charge in [-0.05, 0) is 76.6 Å². The molecule has 0 bridgehead atoms. The molecular weight excluding hydrogens is 849 g/mol. The minimum absolute atomic E-state index is 0. The summed E-state index contributed by atoms with van der Waals surface area (Å²) >= 11 is 0. The molecule has 266 valence electrons. The second kappa shape index (κ2) is 15.9. The summed E-state index contributed by atoms with van der Waals surface area (Å²) in [5, 5.41) is 11.3. The molecule has 0 aliphatic rings. The summed E-state index contributed by atoms with van der Waals surface area (Å²) in [7, 11) is 0. The van der Waals surface area contributed by atoms with Gasteiger partial charge in [0.25, 0.3) is 0 Å². The van der Waals surface area contributed by atoms with Crippen LogP contribution in [0.15, 0.2) is 164 Å². The van der Waals surface area contributed by atoms with E-state index >= 15 is 0 Å². The molecule has 3 heterocycles. The molecule has 3 aromatic heterocycles. The van der Waals surface area contributed by atoms with Gasteiger partial charge in [0.1, 0.15) is 17.3 Å². The van der Waals surface area contributed by atoms with Crippen molar-refractivity contribution in [1.82, 2.24) is 15.0 Å². The minimum Gasteiger partial charge on any atom is -0.506 e. The van der Waals surface area contributed by atoms with Gasteiger partial charge in [-0.15, -0.1) is 23.8 Å². The molecule has 54 heavy (non-hydrogen) atoms. The first-order valence-electron chi connectivity index (χ1n) is 17.6. The second-order valence-electron chi connectivity index (χ2n) is 13.2. The molecule has 5 aromatic carbocycles. The summed E-state index contributed by atoms with van der Waals surface area (Å²) in [6.07, 6.45) is 3.59. The Morgan fingerprint density at radius 3 is 1.94 bits per heavy atom. The van der Waals surface area contributed by atoms with Crippen LogP contribution >= 0.6 is 0 Å². The minimum atomic E-state index is -0.319. The molecule has 0 fully saturated rings. The molecule has 0 amide bonds. The zero-order valence-electron chi connectivity index (χ0n) is 29.6. The number of pyridine rings is 3. The third kappa shape index (κ3) is 7.69. The van der Waals surface area contributed by atoms with Gasteiger partial charge >= 0.3 is 0 Å². The fraction of sp³-hybridized carbons (Fsp3) is 0.0625. The van der Waals surface area contributed by atoms with Crippen LogP contribution in [0.2, 0.25) is 0 Å². The first-order chi connectivity index (χ1) is 25.9. The van der Waals surface area contributed by atoms with Gasteiger partial charge in [0, 0.05) is 50.4 Å². The standard InChI is InChI=1S/C48H35FN3O.Pt/c1-31-13-15-35(16-14-31)37-23-24-50-45(26-37)43-25-38(19-22-42(43)32(2)33-9-5-3-6-10-33)44-27-39(36-17-20-41(49)21-18-36)28-46(52-44)48-47(53)29-40(30-51-48)34-11-7-4-8-12-34;/h3-24,26-30,32,53H,1-2H3;/q-1;. The SMILES string of the molecule is Cc1ccc(-c2ccnc(-c3[c-]c(-c4cc(-c5ccc(F)cc5)cc(-c5ncc(-c6ccccc6)cc5O)n4)ccc3C(C)c3ccccc3)c2)cc1.[Pt]. The van der Waals surface area contributed by atoms with Crippen LogP contribution < -0.4 is 0 Å². The Morgan fingerprint density at radius 2 is 1.22 bits per heavy atom. The first kappa shape index (κ1) is 36.3. The van der Waals surface area contributed by atoms with Crippen molar-refractivity contribution in [2.45, 2.75) is 19.8 Å². The van der Waals surface area contributed by atoms with Crippen molar-refractivity contribution >= 4 is 0 Å². The summed E-state index contributed by atoms with van der Waals surface area (Å²) in [6, 6.07) is 52.7. The van der Waals surface area contributed by atoms with E-state index in [9.17, 15) is 9.50 Å². The van der Waals surface area contributed by atoms with Gasteiger partial charge in [-0.25, -0.2) is 4.39 Å². The van der Waals surface area contributed by atoms with Crippen molar-refractivity contribution in [3.05, 3.63) is 193 Å². The van der Waals surface area contributed by atoms with E-state index in [-0.39, 0.29) is 38.5 Å². The molecule has 0 saturated carbocycles. The number of nitrogens with zero attached hydrogens (tertiary/aromatic N) is 3. The van der Waals surface area contributed by atoms with Gasteiger partial charge in [0.05, 0.1) is 5.69 Å². The third-order valence-electron chi connectivity index (χ3n) is 9.64. The zero-order chi connectivity index (χ0) is 36.3. The first-order valence-corrected chi connectivity index (χ1v) is 17.6. The van der Waals surface area contributed by atoms with Crippen LogP contribution in [-0.4, -0.2) is 20.1 Å². The van der Waals surface area contributed by atoms with Crippen molar-refractivity contribution in [2.75, 3.05) is 0 Å². The van der Waals surface area contributed by atoms with Crippen molar-refractivity contribution in [2.24, 2.45) is 0 Å². The molecule has 0 saturated heterocycles. The Labute approximate surface area is 329 Å². The van der Waals surface area contributed by atoms with Crippen LogP contribution in [0.1, 0.15) is 29.5 Å². The van der Waals surface area contributed by atoms with E-state index < -0.39 is 0 Å². The number of rotatable bonds is 8. The van der Waals surface area contributed by atoms with Gasteiger partial charge < -0.3 is 5.11 Å². The predicted molar refractivity (Wildman–Crippen MR) is 212 cm³/mol. The molecule has 6 heteroatoms. The fourth-order valence-electron chi connectivity index (χ4n) is 6.68. The van der Waals surface area contributed by atoms with Gasteiger partial charge in [-0.1, -0.05) is 133 Å². The maximum Gasteiger partial charge on any atom is 0.144 e. The Morgan fingerprint density at radius 1 is 0.593 bits per heavy atom. The van der Waals surface area contributed by atoms with Gasteiger partial charge in [0.15, 0.2) is 0 Å². The zero-order valence-corrected chi connectivity index (χ0v) is 31.9. The summed E-state index contributed by atoms with van der Waals surface area (Å²) in [6.45, 7) is 4.28. The number of benzene rings is 5. The number of aromatic hydroxyl groups is 1. The van der Waals surface area contributed by atoms with E-state index in [1.54, 1.807) is 24.4 Å². The van der Waals surface area contributed by atoms with Crippen molar-refractivity contribution in [3.63, 3.8) is 0 Å². The summed E-state index contributed by atoms with van der Waals surface area (Å²) < 4.78 is 14.0. The predicted octanol–water partition coefficient (Wildman–Crippen LogP) is 12.0. The van der Waals surface area contributed by atoms with Crippen molar-refractivity contribution < 1.29 is 30.6 Å². The van der Waals surface area contributed by atoms with Crippen LogP contribution in [0.4, 0.5) is 4.39 Å². The molecule has 8 rings (SSSR count). The topological polar surface area (TPSA) is 58.9 Å². The molecule has 0 radical (unpaired) electrons. The molecular formula is C48H35FN3OPt-. The van der Waals surface area contributed by atoms with E-state index in [4.69, 9.17) is 15.0 Å². The second-order valence-corrected chi connectivity index (χ2v) is 13.2. The monoisotopic (exact) mass is 883 g/mol. The number of halogens is 1. The van der Waals surface area contributed by atoms with Crippen molar-refractivity contribution in [1.29, 1.82) is 0 Å². The Kier molecular flexibility index (Phi) is 10.7. The van der Waals surface area contributed by atoms with Gasteiger partial charge in [0.2, 0.25) is 0 Å². The molecule has 4 nitrogen and oxygen atoms in total. The van der Waals surface area contributed by atoms with E-state index in [1.165, 1.54) is 23.3 Å². The third-order valence-corrected chi connectivity index (χ3v) is 9.64. The van der Waals surface area contributed by atoms with Gasteiger partial charge in [-0.3, -0.25) is 15.0 Å². The number of hydrogen-bond donors (Lipinski definition) is 1. The van der Waals surface area contributed by atoms with E-state index in [0.717, 1.165) is 55.8 Å². The van der Waals surface area contributed by atoms with Crippen LogP contribution in [0.3, 0.4) is 0 Å². The summed E-state index contributed by atoms with van der Waals surface area (Å²) in [5.74, 6) is -0.255. The van der Waals surface area contributed by atoms with Crippen LogP contribution in [0, 0.1) is 18.8 Å². The Hall–Kier alpha value is -6.03. The molecule has 0 aliphatic heterocycles. The largest absolute Gasteiger partial charge is 0.506 e. The van der Waals surface area contributed by atoms with Crippen LogP contribution in [0.25, 0.3) is 67.3 Å². The average molecular weight is 884 g/mol. The normalized spacial score (nSPS) is 11.5. The Balaban J connectivity index is 0.00000450. The van der Waals surface area contributed by atoms with Crippen molar-refractivity contribution in [3.8, 4) is 73.0 Å². The smallest absolute Gasteiger partial charge is 0.144 e. The quantitative estimate of drug-likeness (QED) is 0.154. The maximum atomic E-state index is 14.0. The average Bonchev–Trinajstić information content (AvgIpc) is 3.21. The van der Waals surface area contributed by atoms with Crippen LogP contribution in [-0.2, 0) is 21.1 Å². The van der Waals surface area contributed by atoms with E-state index in [0.29, 0.717) is 17.1 Å². The molecule has 0 aliphatic carbocycles. The molecule has 0 spiro atoms. The van der Waals surface area contributed by atoms with Gasteiger partial charge in [-0.2, -0.15) is 0 Å². The molecule has 1 N–H and O–H groups in total. The number of aryl methyl sites for hydroxylation is 1. The van der Waals surface area contributed by atoms with E-state index in [2.05, 4.69) is 80.6 Å².